The first-order valence-corrected chi connectivity index (χ1v) is 13.8. The Morgan fingerprint density at radius 1 is 1.05 bits per heavy atom. The molecule has 0 radical (unpaired) electrons. The van der Waals surface area contributed by atoms with E-state index in [1.807, 2.05) is 54.1 Å². The molecule has 206 valence electrons. The van der Waals surface area contributed by atoms with E-state index in [4.69, 9.17) is 9.47 Å². The SMILES string of the molecule is CCOc1ccc2[nH]c(=O)c(CN(CCCN3CCOCC3)Cc3nnnn3CCc3ccccc3)cc2c1. The minimum atomic E-state index is -0.0755. The van der Waals surface area contributed by atoms with Crippen molar-refractivity contribution in [1.29, 1.82) is 0 Å². The number of aryl methyl sites for hydroxylation is 2. The largest absolute Gasteiger partial charge is 0.494 e. The molecule has 4 aromatic rings. The number of hydrogen-bond acceptors (Lipinski definition) is 8. The summed E-state index contributed by atoms with van der Waals surface area (Å²) in [6.07, 6.45) is 1.83. The summed E-state index contributed by atoms with van der Waals surface area (Å²) in [5.74, 6) is 1.59. The Bertz CT molecular complexity index is 1380. The van der Waals surface area contributed by atoms with Gasteiger partial charge in [0.1, 0.15) is 5.75 Å². The van der Waals surface area contributed by atoms with E-state index in [1.54, 1.807) is 0 Å². The number of H-pyrrole nitrogens is 1. The highest BCUT2D eigenvalue weighted by atomic mass is 16.5. The van der Waals surface area contributed by atoms with Crippen LogP contribution in [0.4, 0.5) is 0 Å². The zero-order valence-electron chi connectivity index (χ0n) is 22.6. The predicted octanol–water partition coefficient (Wildman–Crippen LogP) is 2.88. The smallest absolute Gasteiger partial charge is 0.252 e. The second kappa shape index (κ2) is 13.5. The molecular formula is C29H37N7O3. The van der Waals surface area contributed by atoms with E-state index in [9.17, 15) is 4.79 Å². The molecule has 0 amide bonds. The van der Waals surface area contributed by atoms with Gasteiger partial charge in [-0.3, -0.25) is 14.6 Å². The normalized spacial score (nSPS) is 14.3. The molecule has 0 bridgehead atoms. The lowest BCUT2D eigenvalue weighted by molar-refractivity contribution is 0.0358. The van der Waals surface area contributed by atoms with Gasteiger partial charge in [0.05, 0.1) is 26.4 Å². The Hall–Kier alpha value is -3.60. The Kier molecular flexibility index (Phi) is 9.31. The third kappa shape index (κ3) is 7.50. The van der Waals surface area contributed by atoms with Gasteiger partial charge in [-0.1, -0.05) is 30.3 Å². The van der Waals surface area contributed by atoms with Crippen LogP contribution in [0.3, 0.4) is 0 Å². The highest BCUT2D eigenvalue weighted by molar-refractivity contribution is 5.80. The van der Waals surface area contributed by atoms with Crippen LogP contribution in [0.1, 0.15) is 30.3 Å². The van der Waals surface area contributed by atoms with Crippen molar-refractivity contribution in [2.75, 3.05) is 46.0 Å². The molecule has 0 atom stereocenters. The summed E-state index contributed by atoms with van der Waals surface area (Å²) in [6.45, 7) is 9.62. The van der Waals surface area contributed by atoms with Crippen LogP contribution < -0.4 is 10.3 Å². The highest BCUT2D eigenvalue weighted by Gasteiger charge is 2.17. The minimum Gasteiger partial charge on any atom is -0.494 e. The average molecular weight is 532 g/mol. The fourth-order valence-corrected chi connectivity index (χ4v) is 4.99. The monoisotopic (exact) mass is 531 g/mol. The maximum absolute atomic E-state index is 13.0. The third-order valence-corrected chi connectivity index (χ3v) is 7.08. The van der Waals surface area contributed by atoms with Gasteiger partial charge in [0.2, 0.25) is 0 Å². The number of morpholine rings is 1. The molecule has 1 N–H and O–H groups in total. The van der Waals surface area contributed by atoms with Gasteiger partial charge < -0.3 is 14.5 Å². The second-order valence-electron chi connectivity index (χ2n) is 9.88. The summed E-state index contributed by atoms with van der Waals surface area (Å²) in [5.41, 5.74) is 2.69. The van der Waals surface area contributed by atoms with Gasteiger partial charge in [0.15, 0.2) is 5.82 Å². The van der Waals surface area contributed by atoms with Crippen molar-refractivity contribution in [2.45, 2.75) is 39.4 Å². The molecule has 10 heteroatoms. The number of tetrazole rings is 1. The van der Waals surface area contributed by atoms with Crippen molar-refractivity contribution in [3.63, 3.8) is 0 Å². The van der Waals surface area contributed by atoms with E-state index >= 15 is 0 Å². The van der Waals surface area contributed by atoms with Crippen LogP contribution in [0.2, 0.25) is 0 Å². The first kappa shape index (κ1) is 27.0. The van der Waals surface area contributed by atoms with Crippen molar-refractivity contribution in [3.05, 3.63) is 81.9 Å². The van der Waals surface area contributed by atoms with Crippen LogP contribution in [-0.4, -0.2) is 81.0 Å². The molecule has 5 rings (SSSR count). The summed E-state index contributed by atoms with van der Waals surface area (Å²) in [5, 5.41) is 13.5. The summed E-state index contributed by atoms with van der Waals surface area (Å²) in [4.78, 5) is 20.8. The topological polar surface area (TPSA) is 101 Å². The van der Waals surface area contributed by atoms with Crippen LogP contribution in [0.25, 0.3) is 10.9 Å². The van der Waals surface area contributed by atoms with Crippen LogP contribution in [0.15, 0.2) is 59.4 Å². The number of ether oxygens (including phenoxy) is 2. The summed E-state index contributed by atoms with van der Waals surface area (Å²) in [7, 11) is 0. The summed E-state index contributed by atoms with van der Waals surface area (Å²) < 4.78 is 13.0. The fraction of sp³-hybridized carbons (Fsp3) is 0.448. The van der Waals surface area contributed by atoms with E-state index in [1.165, 1.54) is 5.56 Å². The Morgan fingerprint density at radius 2 is 1.90 bits per heavy atom. The molecule has 1 saturated heterocycles. The number of nitrogens with zero attached hydrogens (tertiary/aromatic N) is 6. The molecule has 2 aromatic heterocycles. The number of fused-ring (bicyclic) bond motifs is 1. The zero-order valence-corrected chi connectivity index (χ0v) is 22.6. The van der Waals surface area contributed by atoms with Crippen LogP contribution in [0.5, 0.6) is 5.75 Å². The van der Waals surface area contributed by atoms with E-state index in [2.05, 4.69) is 42.4 Å². The lowest BCUT2D eigenvalue weighted by Gasteiger charge is -2.28. The van der Waals surface area contributed by atoms with Crippen LogP contribution in [-0.2, 0) is 30.8 Å². The Labute approximate surface area is 228 Å². The molecule has 39 heavy (non-hydrogen) atoms. The number of pyridine rings is 1. The standard InChI is InChI=1S/C29H37N7O3/c1-2-39-26-9-10-27-24(20-26)19-25(29(37)30-27)21-35(13-6-12-34-15-17-38-18-16-34)22-28-31-32-33-36(28)14-11-23-7-4-3-5-8-23/h3-5,7-10,19-20H,2,6,11-18,21-22H2,1H3,(H,30,37). The molecule has 0 saturated carbocycles. The lowest BCUT2D eigenvalue weighted by Crippen LogP contribution is -2.38. The molecule has 3 heterocycles. The number of nitrogens with one attached hydrogen (secondary N) is 1. The number of hydrogen-bond donors (Lipinski definition) is 1. The molecule has 1 aliphatic heterocycles. The number of rotatable bonds is 13. The van der Waals surface area contributed by atoms with E-state index in [-0.39, 0.29) is 5.56 Å². The van der Waals surface area contributed by atoms with E-state index < -0.39 is 0 Å². The summed E-state index contributed by atoms with van der Waals surface area (Å²) in [6, 6.07) is 18.1. The maximum atomic E-state index is 13.0. The molecular weight excluding hydrogens is 494 g/mol. The van der Waals surface area contributed by atoms with Gasteiger partial charge in [-0.05, 0) is 66.6 Å². The third-order valence-electron chi connectivity index (χ3n) is 7.08. The minimum absolute atomic E-state index is 0.0755. The Morgan fingerprint density at radius 3 is 2.72 bits per heavy atom. The quantitative estimate of drug-likeness (QED) is 0.281. The van der Waals surface area contributed by atoms with Gasteiger partial charge in [-0.2, -0.15) is 0 Å². The molecule has 1 fully saturated rings. The molecule has 0 unspecified atom stereocenters. The number of aromatic nitrogens is 5. The van der Waals surface area contributed by atoms with Crippen LogP contribution >= 0.6 is 0 Å². The van der Waals surface area contributed by atoms with E-state index in [0.29, 0.717) is 31.8 Å². The summed E-state index contributed by atoms with van der Waals surface area (Å²) >= 11 is 0. The zero-order chi connectivity index (χ0) is 26.9. The van der Waals surface area contributed by atoms with Crippen molar-refractivity contribution >= 4 is 10.9 Å². The Balaban J connectivity index is 1.32. The molecule has 2 aromatic carbocycles. The van der Waals surface area contributed by atoms with Crippen molar-refractivity contribution < 1.29 is 9.47 Å². The first-order valence-electron chi connectivity index (χ1n) is 13.8. The van der Waals surface area contributed by atoms with Gasteiger partial charge in [-0.15, -0.1) is 5.10 Å². The first-order chi connectivity index (χ1) is 19.2. The van der Waals surface area contributed by atoms with E-state index in [0.717, 1.165) is 74.7 Å². The van der Waals surface area contributed by atoms with Gasteiger partial charge in [-0.25, -0.2) is 4.68 Å². The van der Waals surface area contributed by atoms with Gasteiger partial charge in [0, 0.05) is 49.2 Å². The second-order valence-corrected chi connectivity index (χ2v) is 9.88. The van der Waals surface area contributed by atoms with Crippen molar-refractivity contribution in [2.24, 2.45) is 0 Å². The number of benzene rings is 2. The fourth-order valence-electron chi connectivity index (χ4n) is 4.99. The lowest BCUT2D eigenvalue weighted by atomic mass is 10.1. The highest BCUT2D eigenvalue weighted by Crippen LogP contribution is 2.20. The van der Waals surface area contributed by atoms with Crippen molar-refractivity contribution in [3.8, 4) is 5.75 Å². The van der Waals surface area contributed by atoms with Crippen LogP contribution in [0, 0.1) is 0 Å². The van der Waals surface area contributed by atoms with Gasteiger partial charge in [0.25, 0.3) is 5.56 Å². The molecule has 1 aliphatic rings. The predicted molar refractivity (Wildman–Crippen MR) is 150 cm³/mol. The number of aromatic amines is 1. The average Bonchev–Trinajstić information content (AvgIpc) is 3.40. The molecule has 0 aliphatic carbocycles. The van der Waals surface area contributed by atoms with Crippen molar-refractivity contribution in [1.82, 2.24) is 35.0 Å². The molecule has 0 spiro atoms. The van der Waals surface area contributed by atoms with Gasteiger partial charge >= 0.3 is 0 Å². The molecule has 10 nitrogen and oxygen atoms in total. The maximum Gasteiger partial charge on any atom is 0.252 e.